The Kier molecular flexibility index (Phi) is 6.87. The Balaban J connectivity index is 1.79. The van der Waals surface area contributed by atoms with Crippen molar-refractivity contribution in [2.45, 2.75) is 45.4 Å². The van der Waals surface area contributed by atoms with Gasteiger partial charge in [-0.15, -0.1) is 0 Å². The topological polar surface area (TPSA) is 35.0 Å². The monoisotopic (exact) mass is 436 g/mol. The number of hydrogen-bond donors (Lipinski definition) is 0. The predicted octanol–water partition coefficient (Wildman–Crippen LogP) is 6.65. The SMILES string of the molecule is CCCCCc1cnc(-c2ccc(C(C)(F)Oc3cc(F)c(F)c(F)c3)c(F)c2)nc1. The highest BCUT2D eigenvalue weighted by molar-refractivity contribution is 5.56. The molecule has 0 amide bonds. The van der Waals surface area contributed by atoms with Crippen LogP contribution in [0.5, 0.6) is 5.75 Å². The van der Waals surface area contributed by atoms with Gasteiger partial charge in [0.2, 0.25) is 0 Å². The molecule has 2 aromatic carbocycles. The van der Waals surface area contributed by atoms with Crippen molar-refractivity contribution in [2.75, 3.05) is 0 Å². The Morgan fingerprint density at radius 1 is 0.903 bits per heavy atom. The van der Waals surface area contributed by atoms with Crippen LogP contribution in [0, 0.1) is 23.3 Å². The first-order valence-corrected chi connectivity index (χ1v) is 9.85. The summed E-state index contributed by atoms with van der Waals surface area (Å²) in [5.74, 6) is -8.88. The quantitative estimate of drug-likeness (QED) is 0.225. The molecule has 1 atom stereocenters. The van der Waals surface area contributed by atoms with Crippen molar-refractivity contribution >= 4 is 0 Å². The number of benzene rings is 2. The summed E-state index contributed by atoms with van der Waals surface area (Å²) < 4.78 is 74.4. The van der Waals surface area contributed by atoms with E-state index in [0.29, 0.717) is 17.7 Å². The molecule has 0 aliphatic rings. The molecule has 31 heavy (non-hydrogen) atoms. The van der Waals surface area contributed by atoms with Crippen LogP contribution >= 0.6 is 0 Å². The van der Waals surface area contributed by atoms with Crippen molar-refractivity contribution in [1.82, 2.24) is 9.97 Å². The molecule has 3 rings (SSSR count). The minimum absolute atomic E-state index is 0.272. The maximum absolute atomic E-state index is 15.0. The largest absolute Gasteiger partial charge is 0.454 e. The molecule has 0 fully saturated rings. The van der Waals surface area contributed by atoms with Crippen LogP contribution in [0.2, 0.25) is 0 Å². The molecule has 0 aliphatic heterocycles. The maximum atomic E-state index is 15.0. The Labute approximate surface area is 176 Å². The number of aromatic nitrogens is 2. The zero-order valence-electron chi connectivity index (χ0n) is 17.1. The number of rotatable bonds is 8. The minimum atomic E-state index is -2.77. The van der Waals surface area contributed by atoms with Gasteiger partial charge in [-0.05, 0) is 30.5 Å². The van der Waals surface area contributed by atoms with Crippen LogP contribution in [-0.2, 0) is 12.3 Å². The zero-order chi connectivity index (χ0) is 22.6. The highest BCUT2D eigenvalue weighted by Gasteiger charge is 2.32. The van der Waals surface area contributed by atoms with E-state index in [1.54, 1.807) is 12.4 Å². The number of unbranched alkanes of at least 4 members (excludes halogenated alkanes) is 2. The standard InChI is InChI=1S/C23H21F5N2O/c1-3-4-5-6-14-12-29-22(30-13-14)15-7-8-17(18(24)9-15)23(2,28)31-16-10-19(25)21(27)20(26)11-16/h7-13H,3-6H2,1-2H3. The van der Waals surface area contributed by atoms with Gasteiger partial charge in [0.1, 0.15) is 11.6 Å². The number of halogens is 5. The van der Waals surface area contributed by atoms with Crippen molar-refractivity contribution < 1.29 is 26.7 Å². The van der Waals surface area contributed by atoms with Crippen LogP contribution in [0.3, 0.4) is 0 Å². The summed E-state index contributed by atoms with van der Waals surface area (Å²) >= 11 is 0. The maximum Gasteiger partial charge on any atom is 0.274 e. The molecular formula is C23H21F5N2O. The fourth-order valence-electron chi connectivity index (χ4n) is 3.10. The van der Waals surface area contributed by atoms with Gasteiger partial charge >= 0.3 is 0 Å². The Morgan fingerprint density at radius 3 is 2.13 bits per heavy atom. The van der Waals surface area contributed by atoms with E-state index in [1.807, 2.05) is 0 Å². The summed E-state index contributed by atoms with van der Waals surface area (Å²) in [5, 5.41) is 0. The first-order valence-electron chi connectivity index (χ1n) is 9.85. The van der Waals surface area contributed by atoms with Gasteiger partial charge in [0.15, 0.2) is 23.3 Å². The van der Waals surface area contributed by atoms with Crippen LogP contribution in [-0.4, -0.2) is 9.97 Å². The number of ether oxygens (including phenoxy) is 1. The van der Waals surface area contributed by atoms with Gasteiger partial charge < -0.3 is 4.74 Å². The second kappa shape index (κ2) is 9.41. The van der Waals surface area contributed by atoms with Crippen molar-refractivity contribution in [3.8, 4) is 17.1 Å². The fourth-order valence-corrected chi connectivity index (χ4v) is 3.10. The zero-order valence-corrected chi connectivity index (χ0v) is 17.1. The summed E-state index contributed by atoms with van der Waals surface area (Å²) in [5.41, 5.74) is 0.798. The third-order valence-corrected chi connectivity index (χ3v) is 4.75. The molecule has 0 saturated carbocycles. The Bertz CT molecular complexity index is 1030. The van der Waals surface area contributed by atoms with E-state index in [2.05, 4.69) is 16.9 Å². The van der Waals surface area contributed by atoms with E-state index < -0.39 is 40.4 Å². The lowest BCUT2D eigenvalue weighted by molar-refractivity contribution is -0.0537. The molecule has 0 spiro atoms. The number of aryl methyl sites for hydroxylation is 1. The molecule has 3 aromatic rings. The van der Waals surface area contributed by atoms with Gasteiger partial charge in [0.25, 0.3) is 5.85 Å². The Morgan fingerprint density at radius 2 is 1.55 bits per heavy atom. The third-order valence-electron chi connectivity index (χ3n) is 4.75. The van der Waals surface area contributed by atoms with Crippen LogP contribution in [0.25, 0.3) is 11.4 Å². The molecule has 0 aliphatic carbocycles. The van der Waals surface area contributed by atoms with Crippen molar-refractivity contribution in [1.29, 1.82) is 0 Å². The van der Waals surface area contributed by atoms with Crippen LogP contribution in [0.1, 0.15) is 44.2 Å². The van der Waals surface area contributed by atoms with Gasteiger partial charge in [-0.1, -0.05) is 25.8 Å². The summed E-state index contributed by atoms with van der Waals surface area (Å²) in [6.45, 7) is 2.99. The average Bonchev–Trinajstić information content (AvgIpc) is 2.72. The minimum Gasteiger partial charge on any atom is -0.454 e. The van der Waals surface area contributed by atoms with E-state index in [4.69, 9.17) is 4.74 Å². The van der Waals surface area contributed by atoms with Crippen molar-refractivity contribution in [3.05, 3.63) is 77.1 Å². The third kappa shape index (κ3) is 5.37. The van der Waals surface area contributed by atoms with Gasteiger partial charge in [0, 0.05) is 37.0 Å². The molecule has 1 unspecified atom stereocenters. The molecule has 0 radical (unpaired) electrons. The molecule has 1 heterocycles. The van der Waals surface area contributed by atoms with Crippen molar-refractivity contribution in [3.63, 3.8) is 0 Å². The average molecular weight is 436 g/mol. The second-order valence-electron chi connectivity index (χ2n) is 7.29. The van der Waals surface area contributed by atoms with Crippen molar-refractivity contribution in [2.24, 2.45) is 0 Å². The van der Waals surface area contributed by atoms with E-state index in [-0.39, 0.29) is 5.82 Å². The molecule has 1 aromatic heterocycles. The summed E-state index contributed by atoms with van der Waals surface area (Å²) in [6.07, 6.45) is 7.43. The number of nitrogens with zero attached hydrogens (tertiary/aromatic N) is 2. The lowest BCUT2D eigenvalue weighted by atomic mass is 10.0. The van der Waals surface area contributed by atoms with E-state index in [0.717, 1.165) is 50.3 Å². The highest BCUT2D eigenvalue weighted by Crippen LogP contribution is 2.34. The van der Waals surface area contributed by atoms with Gasteiger partial charge in [-0.3, -0.25) is 0 Å². The number of alkyl halides is 1. The lowest BCUT2D eigenvalue weighted by Crippen LogP contribution is -2.25. The van der Waals surface area contributed by atoms with Crippen LogP contribution < -0.4 is 4.74 Å². The smallest absolute Gasteiger partial charge is 0.274 e. The van der Waals surface area contributed by atoms with Crippen LogP contribution in [0.15, 0.2) is 42.7 Å². The van der Waals surface area contributed by atoms with Gasteiger partial charge in [-0.25, -0.2) is 27.5 Å². The predicted molar refractivity (Wildman–Crippen MR) is 106 cm³/mol. The molecule has 3 nitrogen and oxygen atoms in total. The molecule has 8 heteroatoms. The highest BCUT2D eigenvalue weighted by atomic mass is 19.2. The molecule has 0 saturated heterocycles. The van der Waals surface area contributed by atoms with Gasteiger partial charge in [0.05, 0.1) is 5.56 Å². The van der Waals surface area contributed by atoms with Gasteiger partial charge in [-0.2, -0.15) is 4.39 Å². The molecular weight excluding hydrogens is 415 g/mol. The van der Waals surface area contributed by atoms with E-state index in [9.17, 15) is 17.6 Å². The first kappa shape index (κ1) is 22.7. The molecule has 0 bridgehead atoms. The normalized spacial score (nSPS) is 13.1. The first-order chi connectivity index (χ1) is 14.7. The fraction of sp³-hybridized carbons (Fsp3) is 0.304. The molecule has 0 N–H and O–H groups in total. The van der Waals surface area contributed by atoms with E-state index >= 15 is 4.39 Å². The summed E-state index contributed by atoms with van der Waals surface area (Å²) in [6, 6.07) is 4.57. The van der Waals surface area contributed by atoms with E-state index in [1.165, 1.54) is 6.07 Å². The second-order valence-corrected chi connectivity index (χ2v) is 7.29. The summed E-state index contributed by atoms with van der Waals surface area (Å²) in [7, 11) is 0. The summed E-state index contributed by atoms with van der Waals surface area (Å²) in [4.78, 5) is 8.47. The van der Waals surface area contributed by atoms with Crippen LogP contribution in [0.4, 0.5) is 22.0 Å². The lowest BCUT2D eigenvalue weighted by Gasteiger charge is -2.23. The molecule has 164 valence electrons. The Hall–Kier alpha value is -3.03. The number of hydrogen-bond acceptors (Lipinski definition) is 3.